The van der Waals surface area contributed by atoms with Crippen LogP contribution in [-0.4, -0.2) is 18.9 Å². The number of pyridine rings is 2. The third-order valence-electron chi connectivity index (χ3n) is 6.96. The van der Waals surface area contributed by atoms with Gasteiger partial charge in [0.2, 0.25) is 0 Å². The van der Waals surface area contributed by atoms with E-state index in [-0.39, 0.29) is 0 Å². The van der Waals surface area contributed by atoms with Gasteiger partial charge in [0, 0.05) is 33.4 Å². The van der Waals surface area contributed by atoms with E-state index in [1.165, 1.54) is 32.6 Å². The van der Waals surface area contributed by atoms with Gasteiger partial charge < -0.3 is 4.57 Å². The van der Waals surface area contributed by atoms with Crippen molar-refractivity contribution < 1.29 is 0 Å². The van der Waals surface area contributed by atoms with Crippen LogP contribution in [0, 0.1) is 0 Å². The molecule has 0 atom stereocenters. The lowest BCUT2D eigenvalue weighted by atomic mass is 10.0. The zero-order chi connectivity index (χ0) is 22.2. The van der Waals surface area contributed by atoms with Crippen LogP contribution in [0.1, 0.15) is 0 Å². The van der Waals surface area contributed by atoms with Gasteiger partial charge in [0.25, 0.3) is 0 Å². The van der Waals surface area contributed by atoms with Gasteiger partial charge in [-0.05, 0) is 47.9 Å². The molecular formula is C30H18N4. The lowest BCUT2D eigenvalue weighted by Gasteiger charge is -2.11. The van der Waals surface area contributed by atoms with Gasteiger partial charge in [0.1, 0.15) is 5.65 Å². The minimum absolute atomic E-state index is 0.958. The molecule has 0 amide bonds. The van der Waals surface area contributed by atoms with E-state index in [0.717, 1.165) is 33.3 Å². The fourth-order valence-corrected chi connectivity index (χ4v) is 5.52. The number of aromatic nitrogens is 4. The Morgan fingerprint density at radius 2 is 1.26 bits per heavy atom. The highest BCUT2D eigenvalue weighted by Crippen LogP contribution is 2.39. The van der Waals surface area contributed by atoms with Gasteiger partial charge in [0.15, 0.2) is 0 Å². The first kappa shape index (κ1) is 17.8. The molecule has 0 saturated carbocycles. The summed E-state index contributed by atoms with van der Waals surface area (Å²) in [4.78, 5) is 9.45. The van der Waals surface area contributed by atoms with Crippen molar-refractivity contribution in [3.8, 4) is 5.69 Å². The van der Waals surface area contributed by atoms with E-state index >= 15 is 0 Å². The molecule has 0 N–H and O–H groups in total. The largest absolute Gasteiger partial charge is 0.309 e. The summed E-state index contributed by atoms with van der Waals surface area (Å²) in [7, 11) is 0. The van der Waals surface area contributed by atoms with Crippen molar-refractivity contribution in [1.29, 1.82) is 0 Å². The lowest BCUT2D eigenvalue weighted by Crippen LogP contribution is -1.94. The molecule has 0 spiro atoms. The SMILES string of the molecule is c1ccc(-n2c3ccccc3c3cc4c(cc32)c2ccccc2n2c3cnccc3nc42)cc1. The van der Waals surface area contributed by atoms with Crippen LogP contribution in [0.2, 0.25) is 0 Å². The van der Waals surface area contributed by atoms with E-state index in [1.54, 1.807) is 0 Å². The van der Waals surface area contributed by atoms with Crippen LogP contribution in [0.5, 0.6) is 0 Å². The van der Waals surface area contributed by atoms with Gasteiger partial charge in [-0.1, -0.05) is 54.6 Å². The molecule has 0 saturated heterocycles. The maximum atomic E-state index is 5.06. The molecule has 8 aromatic rings. The highest BCUT2D eigenvalue weighted by Gasteiger charge is 2.18. The Kier molecular flexibility index (Phi) is 3.36. The Balaban J connectivity index is 1.67. The zero-order valence-corrected chi connectivity index (χ0v) is 18.2. The van der Waals surface area contributed by atoms with Crippen molar-refractivity contribution in [2.45, 2.75) is 0 Å². The Hall–Kier alpha value is -4.70. The summed E-state index contributed by atoms with van der Waals surface area (Å²) in [5.74, 6) is 0. The average Bonchev–Trinajstić information content (AvgIpc) is 3.44. The molecule has 0 radical (unpaired) electrons. The fraction of sp³-hybridized carbons (Fsp3) is 0. The number of imidazole rings is 1. The van der Waals surface area contributed by atoms with Crippen molar-refractivity contribution in [2.75, 3.05) is 0 Å². The standard InChI is InChI=1S/C30H18N4/c1-2-8-19(9-3-1)33-26-12-6-5-11-21(26)23-16-24-22(17-28(23)33)20-10-4-7-13-27(20)34-29-18-31-15-14-25(29)32-30(24)34/h1-18H. The van der Waals surface area contributed by atoms with Crippen molar-refractivity contribution in [3.63, 3.8) is 0 Å². The van der Waals surface area contributed by atoms with Crippen LogP contribution in [0.4, 0.5) is 0 Å². The van der Waals surface area contributed by atoms with Crippen LogP contribution in [0.25, 0.3) is 65.8 Å². The normalized spacial score (nSPS) is 12.1. The van der Waals surface area contributed by atoms with E-state index in [2.05, 4.69) is 105 Å². The minimum atomic E-state index is 0.958. The van der Waals surface area contributed by atoms with Crippen LogP contribution in [0.3, 0.4) is 0 Å². The summed E-state index contributed by atoms with van der Waals surface area (Å²) in [6, 6.07) is 34.5. The molecule has 34 heavy (non-hydrogen) atoms. The Labute approximate surface area is 194 Å². The predicted octanol–water partition coefficient (Wildman–Crippen LogP) is 7.29. The monoisotopic (exact) mass is 434 g/mol. The molecule has 4 nitrogen and oxygen atoms in total. The molecule has 4 aromatic carbocycles. The first-order chi connectivity index (χ1) is 16.9. The van der Waals surface area contributed by atoms with E-state index in [1.807, 2.05) is 18.5 Å². The molecule has 4 heteroatoms. The number of nitrogens with zero attached hydrogens (tertiary/aromatic N) is 4. The number of para-hydroxylation sites is 3. The fourth-order valence-electron chi connectivity index (χ4n) is 5.52. The van der Waals surface area contributed by atoms with E-state index in [4.69, 9.17) is 4.98 Å². The predicted molar refractivity (Wildman–Crippen MR) is 140 cm³/mol. The number of benzene rings is 4. The smallest absolute Gasteiger partial charge is 0.146 e. The lowest BCUT2D eigenvalue weighted by molar-refractivity contribution is 1.18. The van der Waals surface area contributed by atoms with Crippen molar-refractivity contribution in [3.05, 3.63) is 109 Å². The molecule has 4 heterocycles. The molecule has 158 valence electrons. The average molecular weight is 435 g/mol. The first-order valence-electron chi connectivity index (χ1n) is 11.4. The van der Waals surface area contributed by atoms with Crippen molar-refractivity contribution in [1.82, 2.24) is 18.9 Å². The molecule has 4 aromatic heterocycles. The second-order valence-electron chi connectivity index (χ2n) is 8.76. The molecule has 0 aliphatic carbocycles. The molecule has 0 aliphatic rings. The van der Waals surface area contributed by atoms with Crippen molar-refractivity contribution in [2.24, 2.45) is 0 Å². The van der Waals surface area contributed by atoms with Crippen LogP contribution >= 0.6 is 0 Å². The summed E-state index contributed by atoms with van der Waals surface area (Å²) in [6.07, 6.45) is 3.72. The number of fused-ring (bicyclic) bond motifs is 11. The highest BCUT2D eigenvalue weighted by molar-refractivity contribution is 6.21. The molecule has 8 rings (SSSR count). The maximum absolute atomic E-state index is 5.06. The number of hydrogen-bond acceptors (Lipinski definition) is 2. The topological polar surface area (TPSA) is 35.1 Å². The summed E-state index contributed by atoms with van der Waals surface area (Å²) in [5.41, 5.74) is 7.67. The Bertz CT molecular complexity index is 2060. The maximum Gasteiger partial charge on any atom is 0.146 e. The van der Waals surface area contributed by atoms with Crippen LogP contribution in [-0.2, 0) is 0 Å². The van der Waals surface area contributed by atoms with Gasteiger partial charge in [-0.2, -0.15) is 0 Å². The summed E-state index contributed by atoms with van der Waals surface area (Å²) in [5, 5.41) is 6.04. The second kappa shape index (κ2) is 6.42. The molecular weight excluding hydrogens is 416 g/mol. The highest BCUT2D eigenvalue weighted by atomic mass is 15.0. The van der Waals surface area contributed by atoms with Gasteiger partial charge in [-0.15, -0.1) is 0 Å². The Morgan fingerprint density at radius 3 is 2.12 bits per heavy atom. The minimum Gasteiger partial charge on any atom is -0.309 e. The van der Waals surface area contributed by atoms with Gasteiger partial charge in [-0.25, -0.2) is 4.98 Å². The quantitative estimate of drug-likeness (QED) is 0.254. The van der Waals surface area contributed by atoms with Gasteiger partial charge in [0.05, 0.1) is 33.8 Å². The zero-order valence-electron chi connectivity index (χ0n) is 18.2. The number of hydrogen-bond donors (Lipinski definition) is 0. The summed E-state index contributed by atoms with van der Waals surface area (Å²) >= 11 is 0. The van der Waals surface area contributed by atoms with E-state index in [9.17, 15) is 0 Å². The van der Waals surface area contributed by atoms with Crippen molar-refractivity contribution >= 4 is 60.2 Å². The van der Waals surface area contributed by atoms with Crippen LogP contribution < -0.4 is 0 Å². The Morgan fingerprint density at radius 1 is 0.529 bits per heavy atom. The second-order valence-corrected chi connectivity index (χ2v) is 8.76. The molecule has 0 bridgehead atoms. The number of rotatable bonds is 1. The summed E-state index contributed by atoms with van der Waals surface area (Å²) in [6.45, 7) is 0. The van der Waals surface area contributed by atoms with Crippen LogP contribution in [0.15, 0.2) is 109 Å². The van der Waals surface area contributed by atoms with E-state index < -0.39 is 0 Å². The van der Waals surface area contributed by atoms with Gasteiger partial charge in [-0.3, -0.25) is 9.38 Å². The molecule has 0 aliphatic heterocycles. The van der Waals surface area contributed by atoms with Gasteiger partial charge >= 0.3 is 0 Å². The summed E-state index contributed by atoms with van der Waals surface area (Å²) < 4.78 is 4.62. The third-order valence-corrected chi connectivity index (χ3v) is 6.96. The third kappa shape index (κ3) is 2.22. The molecule has 0 fully saturated rings. The molecule has 0 unspecified atom stereocenters. The first-order valence-corrected chi connectivity index (χ1v) is 11.4. The van der Waals surface area contributed by atoms with E-state index in [0.29, 0.717) is 0 Å².